The van der Waals surface area contributed by atoms with Crippen LogP contribution >= 0.6 is 0 Å². The van der Waals surface area contributed by atoms with Crippen molar-refractivity contribution >= 4 is 20.7 Å². The predicted octanol–water partition coefficient (Wildman–Crippen LogP) is 2.10. The Bertz CT molecular complexity index is 1080. The third kappa shape index (κ3) is 7.10. The average molecular weight is 601 g/mol. The van der Waals surface area contributed by atoms with E-state index in [-0.39, 0.29) is 24.8 Å². The van der Waals surface area contributed by atoms with E-state index in [1.165, 1.54) is 33.4 Å². The summed E-state index contributed by atoms with van der Waals surface area (Å²) in [6, 6.07) is 21.2. The predicted molar refractivity (Wildman–Crippen MR) is 145 cm³/mol. The van der Waals surface area contributed by atoms with E-state index in [2.05, 4.69) is 102 Å². The summed E-state index contributed by atoms with van der Waals surface area (Å²) in [5, 5.41) is 0. The van der Waals surface area contributed by atoms with Gasteiger partial charge in [0.1, 0.15) is 0 Å². The third-order valence-corrected chi connectivity index (χ3v) is 14.7. The topological polar surface area (TPSA) is 0 Å². The Morgan fingerprint density at radius 2 is 1.06 bits per heavy atom. The van der Waals surface area contributed by atoms with Crippen molar-refractivity contribution in [3.8, 4) is 0 Å². The molecule has 1 heterocycles. The zero-order valence-electron chi connectivity index (χ0n) is 22.0. The summed E-state index contributed by atoms with van der Waals surface area (Å²) in [6.07, 6.45) is 6.57. The Morgan fingerprint density at radius 3 is 1.37 bits per heavy atom. The van der Waals surface area contributed by atoms with Gasteiger partial charge in [0.15, 0.2) is 0 Å². The molecule has 0 spiro atoms. The number of allylic oxidation sites excluding steroid dienone is 8. The van der Waals surface area contributed by atoms with Crippen LogP contribution in [-0.2, 0) is 23.2 Å². The molecule has 5 rings (SSSR count). The summed E-state index contributed by atoms with van der Waals surface area (Å²) >= 11 is -0.809. The molecule has 1 saturated heterocycles. The van der Waals surface area contributed by atoms with Gasteiger partial charge in [-0.05, 0) is 0 Å². The molecule has 0 nitrogen and oxygen atoms in total. The summed E-state index contributed by atoms with van der Waals surface area (Å²) in [4.78, 5) is 0. The standard InChI is InChI=1S/2C14H15.C3H8Si.2ClH.Zr/c2*1-10-5-4-6-13(8-10)14-9-11(2)7-12(14)3;1-2-4-3-1;;;/h2*4-6,8-9,11H,1-3H3;1-4H2;2*1H;/q;;;;;+2/p-2. The fraction of sp³-hybridized carbons (Fsp3) is 0.355. The van der Waals surface area contributed by atoms with Crippen molar-refractivity contribution in [3.05, 3.63) is 101 Å². The van der Waals surface area contributed by atoms with Gasteiger partial charge >= 0.3 is 188 Å². The summed E-state index contributed by atoms with van der Waals surface area (Å²) in [6.45, 7) is 13.9. The Hall–Kier alpha value is -0.920. The maximum Gasteiger partial charge on any atom is -1.00 e. The van der Waals surface area contributed by atoms with Crippen LogP contribution in [0.3, 0.4) is 0 Å². The van der Waals surface area contributed by atoms with Gasteiger partial charge < -0.3 is 24.8 Å². The number of hydrogen-bond donors (Lipinski definition) is 0. The Balaban J connectivity index is 0.000000655. The SMILES string of the molecule is C1C[SiH2]C1.CC1=[C]([Zr+2][C]2=C(C)C(c3cccc(C)c3)=CC2C)C(C)C=C1c1cccc(C)c1.[Cl-].[Cl-]. The van der Waals surface area contributed by atoms with Gasteiger partial charge in [0.2, 0.25) is 0 Å². The van der Waals surface area contributed by atoms with Crippen LogP contribution in [0.2, 0.25) is 12.1 Å². The number of halogens is 2. The summed E-state index contributed by atoms with van der Waals surface area (Å²) in [7, 11) is 0.605. The molecule has 0 aromatic heterocycles. The molecule has 0 N–H and O–H groups in total. The van der Waals surface area contributed by atoms with Crippen LogP contribution in [0.25, 0.3) is 11.1 Å². The molecule has 2 aliphatic carbocycles. The molecule has 3 aliphatic rings. The Kier molecular flexibility index (Phi) is 11.8. The van der Waals surface area contributed by atoms with Crippen LogP contribution in [0, 0.1) is 25.7 Å². The van der Waals surface area contributed by atoms with E-state index in [9.17, 15) is 0 Å². The van der Waals surface area contributed by atoms with Crippen molar-refractivity contribution in [3.63, 3.8) is 0 Å². The van der Waals surface area contributed by atoms with Gasteiger partial charge in [0.25, 0.3) is 0 Å². The van der Waals surface area contributed by atoms with Gasteiger partial charge in [-0.25, -0.2) is 0 Å². The molecular weight excluding hydrogens is 563 g/mol. The normalized spacial score (nSPS) is 20.5. The first kappa shape index (κ1) is 30.3. The van der Waals surface area contributed by atoms with E-state index >= 15 is 0 Å². The number of aryl methyl sites for hydroxylation is 2. The van der Waals surface area contributed by atoms with Crippen LogP contribution < -0.4 is 24.8 Å². The number of hydrogen-bond acceptors (Lipinski definition) is 0. The van der Waals surface area contributed by atoms with E-state index in [0.717, 1.165) is 0 Å². The second-order valence-corrected chi connectivity index (χ2v) is 15.5. The van der Waals surface area contributed by atoms with E-state index in [1.54, 1.807) is 36.2 Å². The molecule has 4 heteroatoms. The maximum absolute atomic E-state index is 2.50. The molecule has 2 aromatic carbocycles. The quantitative estimate of drug-likeness (QED) is 0.472. The van der Waals surface area contributed by atoms with Crippen LogP contribution in [0.4, 0.5) is 0 Å². The molecule has 1 aliphatic heterocycles. The van der Waals surface area contributed by atoms with Crippen molar-refractivity contribution in [2.75, 3.05) is 0 Å². The fourth-order valence-corrected chi connectivity index (χ4v) is 9.28. The molecule has 0 saturated carbocycles. The van der Waals surface area contributed by atoms with E-state index in [0.29, 0.717) is 21.4 Å². The summed E-state index contributed by atoms with van der Waals surface area (Å²) in [5.74, 6) is 1.15. The van der Waals surface area contributed by atoms with Crippen molar-refractivity contribution in [1.29, 1.82) is 0 Å². The second kappa shape index (κ2) is 13.6. The zero-order valence-corrected chi connectivity index (χ0v) is 27.4. The van der Waals surface area contributed by atoms with Crippen molar-refractivity contribution in [1.82, 2.24) is 0 Å². The summed E-state index contributed by atoms with van der Waals surface area (Å²) in [5.41, 5.74) is 11.5. The van der Waals surface area contributed by atoms with Gasteiger partial charge in [0, 0.05) is 9.52 Å². The minimum atomic E-state index is -0.809. The van der Waals surface area contributed by atoms with Crippen LogP contribution in [0.5, 0.6) is 0 Å². The van der Waals surface area contributed by atoms with Crippen molar-refractivity contribution in [2.45, 2.75) is 60.1 Å². The van der Waals surface area contributed by atoms with Crippen LogP contribution in [0.1, 0.15) is 56.4 Å². The van der Waals surface area contributed by atoms with E-state index in [1.807, 2.05) is 0 Å². The van der Waals surface area contributed by atoms with E-state index < -0.39 is 23.2 Å². The van der Waals surface area contributed by atoms with Crippen molar-refractivity contribution in [2.24, 2.45) is 11.8 Å². The van der Waals surface area contributed by atoms with Crippen LogP contribution in [0.15, 0.2) is 78.4 Å². The fourth-order valence-electron chi connectivity index (χ4n) is 4.95. The van der Waals surface area contributed by atoms with Crippen molar-refractivity contribution < 1.29 is 48.0 Å². The minimum Gasteiger partial charge on any atom is -1.00 e. The first-order chi connectivity index (χ1) is 15.8. The second-order valence-electron chi connectivity index (χ2n) is 10.1. The molecule has 2 aromatic rings. The molecule has 184 valence electrons. The van der Waals surface area contributed by atoms with Gasteiger partial charge in [-0.2, -0.15) is 0 Å². The molecule has 0 amide bonds. The van der Waals surface area contributed by atoms with Gasteiger partial charge in [0.05, 0.1) is 0 Å². The Labute approximate surface area is 239 Å². The van der Waals surface area contributed by atoms with Gasteiger partial charge in [-0.15, -0.1) is 0 Å². The first-order valence-corrected chi connectivity index (χ1v) is 17.1. The number of benzene rings is 2. The zero-order chi connectivity index (χ0) is 23.5. The molecule has 2 atom stereocenters. The van der Waals surface area contributed by atoms with Gasteiger partial charge in [-0.1, -0.05) is 18.5 Å². The Morgan fingerprint density at radius 1 is 0.686 bits per heavy atom. The smallest absolute Gasteiger partial charge is 1.00 e. The molecule has 0 bridgehead atoms. The third-order valence-electron chi connectivity index (χ3n) is 7.29. The molecule has 2 unspecified atom stereocenters. The minimum absolute atomic E-state index is 0. The molecule has 1 fully saturated rings. The van der Waals surface area contributed by atoms with Crippen LogP contribution in [-0.4, -0.2) is 9.52 Å². The molecule has 0 radical (unpaired) electrons. The average Bonchev–Trinajstić information content (AvgIpc) is 3.17. The van der Waals surface area contributed by atoms with Gasteiger partial charge in [-0.3, -0.25) is 0 Å². The molecular formula is C31H38Cl2SiZr. The van der Waals surface area contributed by atoms with E-state index in [4.69, 9.17) is 0 Å². The monoisotopic (exact) mass is 598 g/mol. The largest absolute Gasteiger partial charge is 1.00 e. The first-order valence-electron chi connectivity index (χ1n) is 12.6. The number of rotatable bonds is 4. The molecule has 35 heavy (non-hydrogen) atoms. The maximum atomic E-state index is 2.50. The summed E-state index contributed by atoms with van der Waals surface area (Å²) < 4.78 is 3.51.